The first-order chi connectivity index (χ1) is 15.4. The molecular formula is C23H28N6O2S. The summed E-state index contributed by atoms with van der Waals surface area (Å²) in [5.74, 6) is 2.43. The number of hydrogen-bond acceptors (Lipinski definition) is 8. The van der Waals surface area contributed by atoms with Crippen LogP contribution in [0, 0.1) is 13.8 Å². The number of aryl methyl sites for hydroxylation is 1. The monoisotopic (exact) mass is 452 g/mol. The van der Waals surface area contributed by atoms with E-state index in [-0.39, 0.29) is 11.9 Å². The van der Waals surface area contributed by atoms with Gasteiger partial charge in [0.25, 0.3) is 0 Å². The van der Waals surface area contributed by atoms with Crippen molar-refractivity contribution in [1.29, 1.82) is 0 Å². The van der Waals surface area contributed by atoms with Crippen molar-refractivity contribution in [2.24, 2.45) is 0 Å². The van der Waals surface area contributed by atoms with Gasteiger partial charge in [0.2, 0.25) is 0 Å². The Morgan fingerprint density at radius 3 is 2.56 bits per heavy atom. The lowest BCUT2D eigenvalue weighted by atomic mass is 10.1. The Balaban J connectivity index is 1.63. The number of carbonyl (C=O) groups excluding carboxylic acids is 1. The summed E-state index contributed by atoms with van der Waals surface area (Å²) in [6, 6.07) is 9.85. The van der Waals surface area contributed by atoms with Crippen molar-refractivity contribution in [2.75, 3.05) is 23.3 Å². The number of benzene rings is 1. The summed E-state index contributed by atoms with van der Waals surface area (Å²) < 4.78 is 0. The number of anilines is 3. The van der Waals surface area contributed by atoms with E-state index in [0.29, 0.717) is 23.2 Å². The predicted octanol–water partition coefficient (Wildman–Crippen LogP) is 3.80. The number of aromatic amines is 1. The molecule has 0 atom stereocenters. The first-order valence-corrected chi connectivity index (χ1v) is 11.6. The molecule has 3 N–H and O–H groups in total. The molecule has 1 fully saturated rings. The minimum atomic E-state index is -0.250. The van der Waals surface area contributed by atoms with Gasteiger partial charge in [-0.15, -0.1) is 0 Å². The van der Waals surface area contributed by atoms with Crippen molar-refractivity contribution in [2.45, 2.75) is 56.2 Å². The molecular weight excluding hydrogens is 424 g/mol. The SMILES string of the molecule is CC(=O)Cc1ccc(Sc2nc(Nc3cc(C)[nH]n3)c(C)c(N3CCC(O)CC3)n2)cc1. The highest BCUT2D eigenvalue weighted by molar-refractivity contribution is 7.99. The molecule has 2 aromatic heterocycles. The number of H-pyrrole nitrogens is 1. The number of nitrogens with one attached hydrogen (secondary N) is 2. The zero-order chi connectivity index (χ0) is 22.7. The lowest BCUT2D eigenvalue weighted by Crippen LogP contribution is -2.37. The van der Waals surface area contributed by atoms with Crippen LogP contribution in [-0.4, -0.2) is 50.2 Å². The Kier molecular flexibility index (Phi) is 6.76. The molecule has 3 heterocycles. The van der Waals surface area contributed by atoms with Gasteiger partial charge < -0.3 is 15.3 Å². The second kappa shape index (κ2) is 9.70. The summed E-state index contributed by atoms with van der Waals surface area (Å²) >= 11 is 1.48. The average Bonchev–Trinajstić information content (AvgIpc) is 3.16. The number of ketones is 1. The van der Waals surface area contributed by atoms with Crippen LogP contribution >= 0.6 is 11.8 Å². The maximum absolute atomic E-state index is 11.4. The normalized spacial score (nSPS) is 14.6. The summed E-state index contributed by atoms with van der Waals surface area (Å²) in [7, 11) is 0. The maximum atomic E-state index is 11.4. The number of aromatic nitrogens is 4. The molecule has 168 valence electrons. The van der Waals surface area contributed by atoms with Crippen LogP contribution in [0.5, 0.6) is 0 Å². The number of Topliss-reactive ketones (excluding diaryl/α,β-unsaturated/α-hetero) is 1. The second-order valence-corrected chi connectivity index (χ2v) is 9.25. The van der Waals surface area contributed by atoms with E-state index in [1.807, 2.05) is 44.2 Å². The minimum Gasteiger partial charge on any atom is -0.393 e. The lowest BCUT2D eigenvalue weighted by molar-refractivity contribution is -0.116. The van der Waals surface area contributed by atoms with Crippen molar-refractivity contribution in [1.82, 2.24) is 20.2 Å². The highest BCUT2D eigenvalue weighted by Gasteiger charge is 2.23. The first kappa shape index (κ1) is 22.3. The maximum Gasteiger partial charge on any atom is 0.196 e. The number of carbonyl (C=O) groups is 1. The van der Waals surface area contributed by atoms with Crippen molar-refractivity contribution < 1.29 is 9.90 Å². The van der Waals surface area contributed by atoms with E-state index in [4.69, 9.17) is 9.97 Å². The van der Waals surface area contributed by atoms with E-state index in [0.717, 1.165) is 53.5 Å². The van der Waals surface area contributed by atoms with Gasteiger partial charge in [0.1, 0.15) is 17.4 Å². The largest absolute Gasteiger partial charge is 0.393 e. The van der Waals surface area contributed by atoms with Crippen molar-refractivity contribution in [3.8, 4) is 0 Å². The zero-order valence-electron chi connectivity index (χ0n) is 18.6. The molecule has 3 aromatic rings. The molecule has 8 nitrogen and oxygen atoms in total. The quantitative estimate of drug-likeness (QED) is 0.465. The Bertz CT molecular complexity index is 1090. The fraction of sp³-hybridized carbons (Fsp3) is 0.391. The topological polar surface area (TPSA) is 107 Å². The van der Waals surface area contributed by atoms with Gasteiger partial charge >= 0.3 is 0 Å². The zero-order valence-corrected chi connectivity index (χ0v) is 19.4. The number of rotatable bonds is 7. The average molecular weight is 453 g/mol. The summed E-state index contributed by atoms with van der Waals surface area (Å²) in [5, 5.41) is 21.1. The van der Waals surface area contributed by atoms with E-state index >= 15 is 0 Å². The van der Waals surface area contributed by atoms with Crippen molar-refractivity contribution >= 4 is 35.0 Å². The van der Waals surface area contributed by atoms with Crippen LogP contribution in [0.4, 0.5) is 17.5 Å². The third-order valence-electron chi connectivity index (χ3n) is 5.40. The van der Waals surface area contributed by atoms with E-state index < -0.39 is 0 Å². The highest BCUT2D eigenvalue weighted by atomic mass is 32.2. The van der Waals surface area contributed by atoms with Crippen LogP contribution in [0.15, 0.2) is 40.4 Å². The Morgan fingerprint density at radius 2 is 1.94 bits per heavy atom. The molecule has 9 heteroatoms. The molecule has 0 amide bonds. The van der Waals surface area contributed by atoms with Gasteiger partial charge in [0, 0.05) is 41.7 Å². The predicted molar refractivity (Wildman–Crippen MR) is 126 cm³/mol. The summed E-state index contributed by atoms with van der Waals surface area (Å²) in [5.41, 5.74) is 2.91. The van der Waals surface area contributed by atoms with Gasteiger partial charge in [-0.2, -0.15) is 5.10 Å². The Labute approximate surface area is 191 Å². The molecule has 32 heavy (non-hydrogen) atoms. The van der Waals surface area contributed by atoms with Crippen LogP contribution in [0.1, 0.15) is 36.6 Å². The molecule has 0 bridgehead atoms. The van der Waals surface area contributed by atoms with Gasteiger partial charge in [-0.25, -0.2) is 9.97 Å². The summed E-state index contributed by atoms with van der Waals surface area (Å²) in [4.78, 5) is 24.2. The number of aliphatic hydroxyl groups is 1. The van der Waals surface area contributed by atoms with Crippen LogP contribution in [0.25, 0.3) is 0 Å². The molecule has 0 unspecified atom stereocenters. The molecule has 0 spiro atoms. The van der Waals surface area contributed by atoms with Crippen LogP contribution < -0.4 is 10.2 Å². The highest BCUT2D eigenvalue weighted by Crippen LogP contribution is 2.33. The van der Waals surface area contributed by atoms with Crippen LogP contribution in [0.2, 0.25) is 0 Å². The molecule has 0 radical (unpaired) electrons. The third kappa shape index (κ3) is 5.46. The fourth-order valence-corrected chi connectivity index (χ4v) is 4.46. The van der Waals surface area contributed by atoms with Gasteiger partial charge in [0.05, 0.1) is 6.10 Å². The number of piperidine rings is 1. The van der Waals surface area contributed by atoms with E-state index in [1.165, 1.54) is 11.8 Å². The van der Waals surface area contributed by atoms with E-state index in [1.54, 1.807) is 6.92 Å². The number of aliphatic hydroxyl groups excluding tert-OH is 1. The molecule has 0 aliphatic carbocycles. The Morgan fingerprint density at radius 1 is 1.22 bits per heavy atom. The van der Waals surface area contributed by atoms with Crippen molar-refractivity contribution in [3.63, 3.8) is 0 Å². The number of nitrogens with zero attached hydrogens (tertiary/aromatic N) is 4. The van der Waals surface area contributed by atoms with Gasteiger partial charge in [0.15, 0.2) is 11.0 Å². The van der Waals surface area contributed by atoms with E-state index in [9.17, 15) is 9.90 Å². The van der Waals surface area contributed by atoms with Gasteiger partial charge in [-0.3, -0.25) is 9.89 Å². The Hall–Kier alpha value is -2.91. The molecule has 4 rings (SSSR count). The van der Waals surface area contributed by atoms with Gasteiger partial charge in [-0.05, 0) is 63.1 Å². The lowest BCUT2D eigenvalue weighted by Gasteiger charge is -2.32. The van der Waals surface area contributed by atoms with E-state index in [2.05, 4.69) is 20.4 Å². The van der Waals surface area contributed by atoms with Crippen molar-refractivity contribution in [3.05, 3.63) is 47.2 Å². The summed E-state index contributed by atoms with van der Waals surface area (Å²) in [6.07, 6.45) is 1.64. The molecule has 1 saturated heterocycles. The molecule has 1 aromatic carbocycles. The minimum absolute atomic E-state index is 0.146. The van der Waals surface area contributed by atoms with Crippen LogP contribution in [-0.2, 0) is 11.2 Å². The fourth-order valence-electron chi connectivity index (χ4n) is 3.71. The number of hydrogen-bond donors (Lipinski definition) is 3. The smallest absolute Gasteiger partial charge is 0.196 e. The molecule has 1 aliphatic rings. The third-order valence-corrected chi connectivity index (χ3v) is 6.27. The summed E-state index contributed by atoms with van der Waals surface area (Å²) in [6.45, 7) is 7.06. The van der Waals surface area contributed by atoms with Crippen LogP contribution in [0.3, 0.4) is 0 Å². The van der Waals surface area contributed by atoms with Gasteiger partial charge in [-0.1, -0.05) is 12.1 Å². The molecule has 0 saturated carbocycles. The first-order valence-electron chi connectivity index (χ1n) is 10.7. The molecule has 1 aliphatic heterocycles. The standard InChI is InChI=1S/C23H28N6O2S/c1-14-12-20(28-27-14)24-21-16(3)22(29-10-8-18(31)9-11-29)26-23(25-21)32-19-6-4-17(5-7-19)13-15(2)30/h4-7,12,18,31H,8-11,13H2,1-3H3,(H2,24,25,26,27,28). The second-order valence-electron chi connectivity index (χ2n) is 8.21.